The van der Waals surface area contributed by atoms with E-state index < -0.39 is 16.8 Å². The first-order valence-electron chi connectivity index (χ1n) is 11.6. The molecule has 2 fully saturated rings. The van der Waals surface area contributed by atoms with Crippen LogP contribution in [0.3, 0.4) is 0 Å². The number of rotatable bonds is 4. The topological polar surface area (TPSA) is 80.5 Å². The third kappa shape index (κ3) is 3.10. The van der Waals surface area contributed by atoms with E-state index >= 15 is 0 Å². The van der Waals surface area contributed by atoms with Crippen LogP contribution in [-0.2, 0) is 9.59 Å². The van der Waals surface area contributed by atoms with E-state index in [0.717, 1.165) is 27.2 Å². The van der Waals surface area contributed by atoms with Gasteiger partial charge in [0.05, 0.1) is 22.4 Å². The zero-order valence-corrected chi connectivity index (χ0v) is 19.0. The minimum absolute atomic E-state index is 0.0997. The normalized spacial score (nSPS) is 24.3. The molecule has 0 N–H and O–H groups in total. The number of nitro benzene ring substituents is 1. The van der Waals surface area contributed by atoms with Gasteiger partial charge in [-0.05, 0) is 35.3 Å². The number of allylic oxidation sites excluding steroid dienone is 3. The van der Waals surface area contributed by atoms with Crippen LogP contribution in [0.2, 0.25) is 0 Å². The second-order valence-electron chi connectivity index (χ2n) is 9.29. The van der Waals surface area contributed by atoms with E-state index in [9.17, 15) is 19.7 Å². The first kappa shape index (κ1) is 21.2. The molecule has 0 unspecified atom stereocenters. The van der Waals surface area contributed by atoms with E-state index in [2.05, 4.69) is 36.4 Å². The van der Waals surface area contributed by atoms with E-state index in [1.807, 2.05) is 36.4 Å². The Balaban J connectivity index is 1.46. The van der Waals surface area contributed by atoms with E-state index in [0.29, 0.717) is 5.56 Å². The van der Waals surface area contributed by atoms with E-state index in [1.54, 1.807) is 19.1 Å². The molecule has 0 spiro atoms. The minimum Gasteiger partial charge on any atom is -0.274 e. The maximum atomic E-state index is 13.7. The zero-order chi connectivity index (χ0) is 24.3. The smallest absolute Gasteiger partial charge is 0.274 e. The number of fused-ring (bicyclic) bond motifs is 5. The predicted molar refractivity (Wildman–Crippen MR) is 132 cm³/mol. The average molecular weight is 463 g/mol. The monoisotopic (exact) mass is 462 g/mol. The van der Waals surface area contributed by atoms with Crippen molar-refractivity contribution in [1.82, 2.24) is 0 Å². The first-order valence-corrected chi connectivity index (χ1v) is 11.6. The van der Waals surface area contributed by atoms with Gasteiger partial charge in [0, 0.05) is 23.5 Å². The second kappa shape index (κ2) is 7.87. The molecule has 3 aromatic rings. The van der Waals surface area contributed by atoms with Gasteiger partial charge in [-0.15, -0.1) is 0 Å². The Morgan fingerprint density at radius 1 is 0.800 bits per heavy atom. The summed E-state index contributed by atoms with van der Waals surface area (Å²) in [6.45, 7) is 1.64. The van der Waals surface area contributed by atoms with Crippen LogP contribution in [0.5, 0.6) is 0 Å². The minimum atomic E-state index is -0.504. The van der Waals surface area contributed by atoms with Crippen molar-refractivity contribution in [3.8, 4) is 0 Å². The van der Waals surface area contributed by atoms with E-state index in [1.165, 1.54) is 6.07 Å². The van der Waals surface area contributed by atoms with Crippen LogP contribution in [-0.4, -0.2) is 16.7 Å². The highest BCUT2D eigenvalue weighted by Gasteiger charge is 2.62. The summed E-state index contributed by atoms with van der Waals surface area (Å²) in [7, 11) is 0. The van der Waals surface area contributed by atoms with Gasteiger partial charge in [-0.2, -0.15) is 0 Å². The van der Waals surface area contributed by atoms with Crippen molar-refractivity contribution in [2.75, 3.05) is 4.90 Å². The van der Waals surface area contributed by atoms with Gasteiger partial charge in [-0.25, -0.2) is 4.90 Å². The quantitative estimate of drug-likeness (QED) is 0.227. The number of nitro groups is 1. The van der Waals surface area contributed by atoms with Crippen molar-refractivity contribution < 1.29 is 14.5 Å². The molecule has 2 bridgehead atoms. The summed E-state index contributed by atoms with van der Waals surface area (Å²) in [6.07, 6.45) is 4.11. The predicted octanol–water partition coefficient (Wildman–Crippen LogP) is 5.33. The molecule has 6 heteroatoms. The summed E-state index contributed by atoms with van der Waals surface area (Å²) in [5.41, 5.74) is 4.93. The molecule has 1 aliphatic heterocycles. The van der Waals surface area contributed by atoms with Crippen LogP contribution in [0.1, 0.15) is 16.7 Å². The molecule has 1 heterocycles. The third-order valence-corrected chi connectivity index (χ3v) is 7.48. The number of nitrogens with zero attached hydrogens (tertiary/aromatic N) is 2. The van der Waals surface area contributed by atoms with Gasteiger partial charge in [-0.3, -0.25) is 19.7 Å². The molecule has 1 saturated carbocycles. The number of carbonyl (C=O) groups is 2. The molecule has 6 rings (SSSR count). The fraction of sp³-hybridized carbons (Fsp3) is 0.172. The number of amides is 2. The maximum Gasteiger partial charge on any atom is 0.274 e. The number of hydrogen-bond acceptors (Lipinski definition) is 4. The van der Waals surface area contributed by atoms with Gasteiger partial charge in [0.15, 0.2) is 0 Å². The molecule has 0 radical (unpaired) electrons. The highest BCUT2D eigenvalue weighted by atomic mass is 16.6. The Kier molecular flexibility index (Phi) is 4.78. The molecule has 3 aliphatic rings. The van der Waals surface area contributed by atoms with Crippen LogP contribution in [0, 0.1) is 40.7 Å². The number of carbonyl (C=O) groups excluding carboxylic acids is 2. The molecule has 1 saturated heterocycles. The summed E-state index contributed by atoms with van der Waals surface area (Å²) in [5, 5.41) is 11.5. The second-order valence-corrected chi connectivity index (χ2v) is 9.29. The van der Waals surface area contributed by atoms with Crippen LogP contribution in [0.15, 0.2) is 96.6 Å². The van der Waals surface area contributed by atoms with E-state index in [-0.39, 0.29) is 35.0 Å². The Hall–Kier alpha value is -4.32. The summed E-state index contributed by atoms with van der Waals surface area (Å²) in [5.74, 6) is -1.96. The molecule has 172 valence electrons. The lowest BCUT2D eigenvalue weighted by Gasteiger charge is -2.21. The highest BCUT2D eigenvalue weighted by Crippen LogP contribution is 2.59. The fourth-order valence-electron chi connectivity index (χ4n) is 5.99. The number of anilines is 1. The Labute approximate surface area is 202 Å². The Bertz CT molecular complexity index is 1370. The Morgan fingerprint density at radius 3 is 1.80 bits per heavy atom. The molecular formula is C29H22N2O4. The lowest BCUT2D eigenvalue weighted by molar-refractivity contribution is -0.385. The van der Waals surface area contributed by atoms with Crippen molar-refractivity contribution in [2.45, 2.75) is 6.92 Å². The molecule has 3 aromatic carbocycles. The van der Waals surface area contributed by atoms with E-state index in [4.69, 9.17) is 0 Å². The molecular weight excluding hydrogens is 440 g/mol. The molecule has 35 heavy (non-hydrogen) atoms. The van der Waals surface area contributed by atoms with Gasteiger partial charge in [0.1, 0.15) is 0 Å². The van der Waals surface area contributed by atoms with Gasteiger partial charge in [0.25, 0.3) is 5.69 Å². The highest BCUT2D eigenvalue weighted by molar-refractivity contribution is 6.23. The summed E-state index contributed by atoms with van der Waals surface area (Å²) in [4.78, 5) is 39.5. The molecule has 4 atom stereocenters. The van der Waals surface area contributed by atoms with Gasteiger partial charge < -0.3 is 0 Å². The van der Waals surface area contributed by atoms with Crippen LogP contribution >= 0.6 is 0 Å². The van der Waals surface area contributed by atoms with Crippen molar-refractivity contribution in [2.24, 2.45) is 23.7 Å². The third-order valence-electron chi connectivity index (χ3n) is 7.48. The number of benzene rings is 3. The SMILES string of the molecule is Cc1ccc(N2C(=O)[C@@H]3[C@H](C2=O)[C@@H]2C=C[C@H]3C2=C(c2ccccc2)c2ccccc2)cc1[N+](=O)[O-]. The maximum absolute atomic E-state index is 13.7. The fourth-order valence-corrected chi connectivity index (χ4v) is 5.99. The van der Waals surface area contributed by atoms with Gasteiger partial charge in [-0.1, -0.05) is 78.9 Å². The van der Waals surface area contributed by atoms with Crippen molar-refractivity contribution >= 4 is 28.8 Å². The number of imide groups is 1. The molecule has 2 aliphatic carbocycles. The lowest BCUT2D eigenvalue weighted by atomic mass is 9.85. The van der Waals surface area contributed by atoms with Gasteiger partial charge in [0.2, 0.25) is 11.8 Å². The lowest BCUT2D eigenvalue weighted by Crippen LogP contribution is -2.33. The van der Waals surface area contributed by atoms with Gasteiger partial charge >= 0.3 is 0 Å². The number of aryl methyl sites for hydroxylation is 1. The zero-order valence-electron chi connectivity index (χ0n) is 19.0. The van der Waals surface area contributed by atoms with Crippen LogP contribution < -0.4 is 4.90 Å². The molecule has 0 aromatic heterocycles. The van der Waals surface area contributed by atoms with Crippen LogP contribution in [0.25, 0.3) is 5.57 Å². The Morgan fingerprint density at radius 2 is 1.31 bits per heavy atom. The van der Waals surface area contributed by atoms with Crippen LogP contribution in [0.4, 0.5) is 11.4 Å². The molecule has 6 nitrogen and oxygen atoms in total. The molecule has 2 amide bonds. The largest absolute Gasteiger partial charge is 0.274 e. The van der Waals surface area contributed by atoms with Crippen molar-refractivity contribution in [1.29, 1.82) is 0 Å². The average Bonchev–Trinajstić information content (AvgIpc) is 3.50. The summed E-state index contributed by atoms with van der Waals surface area (Å²) < 4.78 is 0. The van der Waals surface area contributed by atoms with Crippen molar-refractivity contribution in [3.63, 3.8) is 0 Å². The first-order chi connectivity index (χ1) is 17.0. The summed E-state index contributed by atoms with van der Waals surface area (Å²) in [6, 6.07) is 24.7. The van der Waals surface area contributed by atoms with Crippen molar-refractivity contribution in [3.05, 3.63) is 123 Å². The summed E-state index contributed by atoms with van der Waals surface area (Å²) >= 11 is 0. The number of hydrogen-bond donors (Lipinski definition) is 0. The standard InChI is InChI=1S/C29H22N2O4/c1-17-12-13-20(16-23(17)31(34)35)30-28(32)26-21-14-15-22(27(26)29(30)33)25(21)24(18-8-4-2-5-9-18)19-10-6-3-7-11-19/h2-16,21-22,26-27H,1H3/t21-,22+,26-,27+.